The maximum Gasteiger partial charge on any atom is 0.186 e. The van der Waals surface area contributed by atoms with Gasteiger partial charge in [-0.15, -0.1) is 0 Å². The Morgan fingerprint density at radius 3 is 2.27 bits per heavy atom. The van der Waals surface area contributed by atoms with Gasteiger partial charge < -0.3 is 18.9 Å². The van der Waals surface area contributed by atoms with Crippen LogP contribution in [0.4, 0.5) is 0 Å². The molecule has 0 saturated carbocycles. The lowest BCUT2D eigenvalue weighted by Gasteiger charge is -2.38. The molecule has 5 unspecified atom stereocenters. The summed E-state index contributed by atoms with van der Waals surface area (Å²) in [6.07, 6.45) is -0.235. The summed E-state index contributed by atoms with van der Waals surface area (Å²) >= 11 is 0. The van der Waals surface area contributed by atoms with E-state index in [4.69, 9.17) is 18.9 Å². The van der Waals surface area contributed by atoms with Gasteiger partial charge in [-0.05, 0) is 20.8 Å². The van der Waals surface area contributed by atoms with Crippen molar-refractivity contribution in [3.8, 4) is 0 Å². The van der Waals surface area contributed by atoms with E-state index in [0.717, 1.165) is 0 Å². The molecule has 0 N–H and O–H groups in total. The molecule has 2 aliphatic heterocycles. The van der Waals surface area contributed by atoms with E-state index in [2.05, 4.69) is 6.92 Å². The molecule has 0 aromatic heterocycles. The second-order valence-electron chi connectivity index (χ2n) is 4.87. The van der Waals surface area contributed by atoms with Gasteiger partial charge in [0, 0.05) is 13.0 Å². The van der Waals surface area contributed by atoms with E-state index in [-0.39, 0.29) is 24.6 Å². The van der Waals surface area contributed by atoms with E-state index in [1.165, 1.54) is 0 Å². The Labute approximate surface area is 90.8 Å². The second kappa shape index (κ2) is 3.70. The Bertz CT molecular complexity index is 233. The van der Waals surface area contributed by atoms with E-state index in [0.29, 0.717) is 5.92 Å². The number of hydrogen-bond acceptors (Lipinski definition) is 4. The van der Waals surface area contributed by atoms with Crippen molar-refractivity contribution in [3.05, 3.63) is 0 Å². The topological polar surface area (TPSA) is 36.9 Å². The van der Waals surface area contributed by atoms with Crippen molar-refractivity contribution >= 4 is 0 Å². The van der Waals surface area contributed by atoms with Gasteiger partial charge in [0.25, 0.3) is 0 Å². The van der Waals surface area contributed by atoms with Crippen LogP contribution in [-0.2, 0) is 18.9 Å². The fourth-order valence-corrected chi connectivity index (χ4v) is 2.30. The molecule has 0 bridgehead atoms. The highest BCUT2D eigenvalue weighted by molar-refractivity contribution is 4.92. The molecule has 88 valence electrons. The van der Waals surface area contributed by atoms with Gasteiger partial charge in [-0.2, -0.15) is 0 Å². The van der Waals surface area contributed by atoms with E-state index in [9.17, 15) is 0 Å². The summed E-state index contributed by atoms with van der Waals surface area (Å²) in [7, 11) is 1.64. The molecule has 2 aliphatic rings. The van der Waals surface area contributed by atoms with Crippen LogP contribution in [0, 0.1) is 5.92 Å². The summed E-state index contributed by atoms with van der Waals surface area (Å²) in [5, 5.41) is 0. The Balaban J connectivity index is 2.18. The minimum absolute atomic E-state index is 0.0636. The molecule has 2 saturated heterocycles. The van der Waals surface area contributed by atoms with Crippen LogP contribution >= 0.6 is 0 Å². The summed E-state index contributed by atoms with van der Waals surface area (Å²) in [5.41, 5.74) is 0. The van der Waals surface area contributed by atoms with Gasteiger partial charge in [-0.1, -0.05) is 6.92 Å². The first kappa shape index (κ1) is 11.3. The van der Waals surface area contributed by atoms with Crippen molar-refractivity contribution in [1.29, 1.82) is 0 Å². The Morgan fingerprint density at radius 1 is 1.07 bits per heavy atom. The Kier molecular flexibility index (Phi) is 2.79. The van der Waals surface area contributed by atoms with Crippen LogP contribution in [0.25, 0.3) is 0 Å². The van der Waals surface area contributed by atoms with Gasteiger partial charge >= 0.3 is 0 Å². The molecule has 2 fully saturated rings. The summed E-state index contributed by atoms with van der Waals surface area (Å²) < 4.78 is 22.7. The predicted octanol–water partition coefficient (Wildman–Crippen LogP) is 1.53. The molecular weight excluding hydrogens is 196 g/mol. The van der Waals surface area contributed by atoms with Crippen molar-refractivity contribution in [2.24, 2.45) is 5.92 Å². The van der Waals surface area contributed by atoms with Crippen molar-refractivity contribution in [1.82, 2.24) is 0 Å². The van der Waals surface area contributed by atoms with Gasteiger partial charge in [0.15, 0.2) is 12.1 Å². The van der Waals surface area contributed by atoms with E-state index in [1.807, 2.05) is 20.8 Å². The average molecular weight is 216 g/mol. The molecular formula is C11H20O4. The third-order valence-corrected chi connectivity index (χ3v) is 3.27. The normalized spacial score (nSPS) is 49.0. The smallest absolute Gasteiger partial charge is 0.186 e. The monoisotopic (exact) mass is 216 g/mol. The van der Waals surface area contributed by atoms with Crippen molar-refractivity contribution < 1.29 is 18.9 Å². The van der Waals surface area contributed by atoms with E-state index < -0.39 is 5.79 Å². The lowest BCUT2D eigenvalue weighted by atomic mass is 9.92. The van der Waals surface area contributed by atoms with E-state index >= 15 is 0 Å². The fourth-order valence-electron chi connectivity index (χ4n) is 2.30. The van der Waals surface area contributed by atoms with Crippen LogP contribution in [0.15, 0.2) is 0 Å². The first-order valence-corrected chi connectivity index (χ1v) is 5.48. The number of fused-ring (bicyclic) bond motifs is 1. The lowest BCUT2D eigenvalue weighted by Crippen LogP contribution is -2.51. The predicted molar refractivity (Wildman–Crippen MR) is 54.3 cm³/mol. The molecule has 5 atom stereocenters. The van der Waals surface area contributed by atoms with Crippen LogP contribution < -0.4 is 0 Å². The SMILES string of the molecule is COC1OC(C)C(C)C2OC(C)(C)OC12. The van der Waals surface area contributed by atoms with Crippen molar-refractivity contribution in [2.75, 3.05) is 7.11 Å². The molecule has 0 aliphatic carbocycles. The highest BCUT2D eigenvalue weighted by atomic mass is 16.8. The van der Waals surface area contributed by atoms with Crippen molar-refractivity contribution in [3.63, 3.8) is 0 Å². The third kappa shape index (κ3) is 1.91. The molecule has 0 spiro atoms. The second-order valence-corrected chi connectivity index (χ2v) is 4.87. The van der Waals surface area contributed by atoms with Gasteiger partial charge in [0.1, 0.15) is 6.10 Å². The molecule has 4 heteroatoms. The standard InChI is InChI=1S/C11H20O4/c1-6-7(2)13-10(12-5)9-8(6)14-11(3,4)15-9/h6-10H,1-5H3. The average Bonchev–Trinajstić information content (AvgIpc) is 2.48. The largest absolute Gasteiger partial charge is 0.353 e. The van der Waals surface area contributed by atoms with Crippen LogP contribution in [0.2, 0.25) is 0 Å². The number of ether oxygens (including phenoxy) is 4. The van der Waals surface area contributed by atoms with Crippen LogP contribution in [0.1, 0.15) is 27.7 Å². The van der Waals surface area contributed by atoms with Gasteiger partial charge in [0.05, 0.1) is 12.2 Å². The lowest BCUT2D eigenvalue weighted by molar-refractivity contribution is -0.250. The number of methoxy groups -OCH3 is 1. The zero-order valence-electron chi connectivity index (χ0n) is 10.0. The highest BCUT2D eigenvalue weighted by Gasteiger charge is 2.52. The summed E-state index contributed by atoms with van der Waals surface area (Å²) in [4.78, 5) is 0. The summed E-state index contributed by atoms with van der Waals surface area (Å²) in [6.45, 7) is 8.02. The summed E-state index contributed by atoms with van der Waals surface area (Å²) in [5.74, 6) is -0.212. The Hall–Kier alpha value is -0.160. The number of rotatable bonds is 1. The van der Waals surface area contributed by atoms with Crippen LogP contribution in [-0.4, -0.2) is 37.5 Å². The van der Waals surface area contributed by atoms with Crippen molar-refractivity contribution in [2.45, 2.75) is 58.1 Å². The maximum absolute atomic E-state index is 5.89. The molecule has 4 nitrogen and oxygen atoms in total. The first-order chi connectivity index (χ1) is 6.94. The van der Waals surface area contributed by atoms with Crippen LogP contribution in [0.3, 0.4) is 0 Å². The molecule has 15 heavy (non-hydrogen) atoms. The van der Waals surface area contributed by atoms with Gasteiger partial charge in [0.2, 0.25) is 0 Å². The summed E-state index contributed by atoms with van der Waals surface area (Å²) in [6, 6.07) is 0. The highest BCUT2D eigenvalue weighted by Crippen LogP contribution is 2.39. The van der Waals surface area contributed by atoms with Crippen LogP contribution in [0.5, 0.6) is 0 Å². The zero-order valence-corrected chi connectivity index (χ0v) is 10.0. The quantitative estimate of drug-likeness (QED) is 0.666. The number of hydrogen-bond donors (Lipinski definition) is 0. The van der Waals surface area contributed by atoms with E-state index in [1.54, 1.807) is 7.11 Å². The minimum Gasteiger partial charge on any atom is -0.353 e. The molecule has 2 rings (SSSR count). The molecule has 0 amide bonds. The molecule has 0 aromatic carbocycles. The molecule has 0 aromatic rings. The Morgan fingerprint density at radius 2 is 1.67 bits per heavy atom. The fraction of sp³-hybridized carbons (Fsp3) is 1.00. The molecule has 0 radical (unpaired) electrons. The zero-order chi connectivity index (χ0) is 11.2. The molecule has 2 heterocycles. The first-order valence-electron chi connectivity index (χ1n) is 5.48. The third-order valence-electron chi connectivity index (χ3n) is 3.27. The minimum atomic E-state index is -0.534. The van der Waals surface area contributed by atoms with Gasteiger partial charge in [-0.3, -0.25) is 0 Å². The maximum atomic E-state index is 5.89. The van der Waals surface area contributed by atoms with Gasteiger partial charge in [-0.25, -0.2) is 0 Å².